The van der Waals surface area contributed by atoms with Crippen molar-refractivity contribution in [1.82, 2.24) is 20.4 Å². The number of hydrogen-bond acceptors (Lipinski definition) is 8. The van der Waals surface area contributed by atoms with E-state index in [1.807, 2.05) is 72.1 Å². The van der Waals surface area contributed by atoms with E-state index >= 15 is 0 Å². The third kappa shape index (κ3) is 8.88. The van der Waals surface area contributed by atoms with Gasteiger partial charge in [0, 0.05) is 32.0 Å². The summed E-state index contributed by atoms with van der Waals surface area (Å²) in [5.41, 5.74) is 10.3. The van der Waals surface area contributed by atoms with E-state index in [0.717, 1.165) is 56.0 Å². The Balaban J connectivity index is 0.877. The predicted molar refractivity (Wildman–Crippen MR) is 231 cm³/mol. The molecule has 0 saturated carbocycles. The minimum absolute atomic E-state index is 0.481. The molecule has 6 nitrogen and oxygen atoms in total. The van der Waals surface area contributed by atoms with Crippen molar-refractivity contribution >= 4 is 23.5 Å². The van der Waals surface area contributed by atoms with Crippen LogP contribution in [0.2, 0.25) is 0 Å². The molecular weight excluding hydrogens is 729 g/mol. The maximum absolute atomic E-state index is 6.10. The van der Waals surface area contributed by atoms with Crippen molar-refractivity contribution in [2.75, 3.05) is 11.5 Å². The smallest absolute Gasteiger partial charge is 0.248 e. The molecule has 0 amide bonds. The standard InChI is InChI=1S/C48H42N4O2S2/c1-3-5-31-55-43-27-23-37(24-28-43)35-11-19-41(20-12-35)47-51-49-45(53-47)39-15-7-33(8-16-39)34-9-17-40(18-10-34)46-50-52-48(54-46)42-21-13-36(14-22-42)38-25-29-44(30-26-38)56-32-6-4-2/h7-30H,3-6,31-32H2,1-2H3. The van der Waals surface area contributed by atoms with Gasteiger partial charge < -0.3 is 8.83 Å². The van der Waals surface area contributed by atoms with Crippen LogP contribution < -0.4 is 0 Å². The van der Waals surface area contributed by atoms with Gasteiger partial charge in [0.05, 0.1) is 0 Å². The first-order valence-corrected chi connectivity index (χ1v) is 21.2. The summed E-state index contributed by atoms with van der Waals surface area (Å²) in [5.74, 6) is 4.27. The summed E-state index contributed by atoms with van der Waals surface area (Å²) in [6.45, 7) is 4.45. The van der Waals surface area contributed by atoms with Crippen LogP contribution in [0.15, 0.2) is 164 Å². The maximum Gasteiger partial charge on any atom is 0.248 e. The highest BCUT2D eigenvalue weighted by molar-refractivity contribution is 7.99. The molecule has 0 aliphatic heterocycles. The normalized spacial score (nSPS) is 11.2. The first kappa shape index (κ1) is 37.2. The van der Waals surface area contributed by atoms with Crippen molar-refractivity contribution < 1.29 is 8.83 Å². The SMILES string of the molecule is CCCCSc1ccc(-c2ccc(-c3nnc(-c4ccc(-c5ccc(-c6nnc(-c7ccc(-c8ccc(SCCCC)cc8)cc7)o6)cc5)cc4)o3)cc2)cc1. The van der Waals surface area contributed by atoms with E-state index in [-0.39, 0.29) is 0 Å². The fourth-order valence-electron chi connectivity index (χ4n) is 6.29. The summed E-state index contributed by atoms with van der Waals surface area (Å²) in [7, 11) is 0. The summed E-state index contributed by atoms with van der Waals surface area (Å²) in [5, 5.41) is 17.4. The minimum atomic E-state index is 0.481. The molecule has 0 spiro atoms. The Hall–Kier alpha value is -5.70. The van der Waals surface area contributed by atoms with Crippen molar-refractivity contribution in [3.8, 4) is 79.2 Å². The zero-order valence-corrected chi connectivity index (χ0v) is 33.2. The zero-order chi connectivity index (χ0) is 38.1. The summed E-state index contributed by atoms with van der Waals surface area (Å²) in [6.07, 6.45) is 4.92. The van der Waals surface area contributed by atoms with Crippen LogP contribution in [-0.4, -0.2) is 31.9 Å². The van der Waals surface area contributed by atoms with Gasteiger partial charge in [0.2, 0.25) is 23.6 Å². The molecule has 56 heavy (non-hydrogen) atoms. The Bertz CT molecular complexity index is 2280. The fraction of sp³-hybridized carbons (Fsp3) is 0.167. The lowest BCUT2D eigenvalue weighted by Crippen LogP contribution is -1.82. The first-order chi connectivity index (χ1) is 27.6. The Kier molecular flexibility index (Phi) is 11.9. The van der Waals surface area contributed by atoms with Crippen LogP contribution in [0.3, 0.4) is 0 Å². The van der Waals surface area contributed by atoms with E-state index in [2.05, 4.69) is 131 Å². The molecule has 0 aliphatic carbocycles. The van der Waals surface area contributed by atoms with Crippen LogP contribution in [0.1, 0.15) is 39.5 Å². The Labute approximate surface area is 336 Å². The average molecular weight is 771 g/mol. The summed E-state index contributed by atoms with van der Waals surface area (Å²) >= 11 is 3.83. The van der Waals surface area contributed by atoms with Gasteiger partial charge in [0.1, 0.15) is 0 Å². The third-order valence-electron chi connectivity index (χ3n) is 9.62. The molecule has 278 valence electrons. The van der Waals surface area contributed by atoms with Gasteiger partial charge in [-0.3, -0.25) is 0 Å². The molecular formula is C48H42N4O2S2. The average Bonchev–Trinajstić information content (AvgIpc) is 3.97. The molecule has 0 atom stereocenters. The Morgan fingerprint density at radius 1 is 0.321 bits per heavy atom. The molecule has 0 N–H and O–H groups in total. The van der Waals surface area contributed by atoms with Gasteiger partial charge in [-0.2, -0.15) is 0 Å². The lowest BCUT2D eigenvalue weighted by atomic mass is 10.0. The molecule has 0 aliphatic rings. The van der Waals surface area contributed by atoms with E-state index in [9.17, 15) is 0 Å². The van der Waals surface area contributed by atoms with Gasteiger partial charge in [-0.25, -0.2) is 0 Å². The molecule has 8 rings (SSSR count). The van der Waals surface area contributed by atoms with Crippen molar-refractivity contribution in [2.45, 2.75) is 49.3 Å². The van der Waals surface area contributed by atoms with Gasteiger partial charge in [-0.1, -0.05) is 99.5 Å². The summed E-state index contributed by atoms with van der Waals surface area (Å²) in [6, 6.07) is 50.4. The second-order valence-corrected chi connectivity index (χ2v) is 15.9. The molecule has 0 bridgehead atoms. The highest BCUT2D eigenvalue weighted by Crippen LogP contribution is 2.32. The molecule has 6 aromatic carbocycles. The van der Waals surface area contributed by atoms with Crippen LogP contribution in [0.25, 0.3) is 79.2 Å². The van der Waals surface area contributed by atoms with E-state index in [4.69, 9.17) is 8.83 Å². The van der Waals surface area contributed by atoms with Gasteiger partial charge in [-0.05, 0) is 131 Å². The lowest BCUT2D eigenvalue weighted by Gasteiger charge is -2.05. The predicted octanol–water partition coefficient (Wildman–Crippen LogP) is 13.9. The zero-order valence-electron chi connectivity index (χ0n) is 31.5. The highest BCUT2D eigenvalue weighted by atomic mass is 32.2. The molecule has 8 aromatic rings. The Morgan fingerprint density at radius 3 is 0.768 bits per heavy atom. The molecule has 0 fully saturated rings. The van der Waals surface area contributed by atoms with Crippen LogP contribution in [-0.2, 0) is 0 Å². The topological polar surface area (TPSA) is 77.8 Å². The number of benzene rings is 6. The number of unbranched alkanes of at least 4 members (excludes halogenated alkanes) is 2. The molecule has 2 aromatic heterocycles. The van der Waals surface area contributed by atoms with E-state index in [0.29, 0.717) is 23.6 Å². The van der Waals surface area contributed by atoms with Crippen molar-refractivity contribution in [3.63, 3.8) is 0 Å². The van der Waals surface area contributed by atoms with Crippen molar-refractivity contribution in [3.05, 3.63) is 146 Å². The minimum Gasteiger partial charge on any atom is -0.416 e. The number of hydrogen-bond donors (Lipinski definition) is 0. The van der Waals surface area contributed by atoms with Gasteiger partial charge in [0.25, 0.3) is 0 Å². The largest absolute Gasteiger partial charge is 0.416 e. The number of nitrogens with zero attached hydrogens (tertiary/aromatic N) is 4. The van der Waals surface area contributed by atoms with Crippen LogP contribution >= 0.6 is 23.5 Å². The first-order valence-electron chi connectivity index (χ1n) is 19.2. The second-order valence-electron chi connectivity index (χ2n) is 13.6. The molecule has 8 heteroatoms. The van der Waals surface area contributed by atoms with Crippen LogP contribution in [0.5, 0.6) is 0 Å². The van der Waals surface area contributed by atoms with Gasteiger partial charge in [0.15, 0.2) is 0 Å². The molecule has 2 heterocycles. The Morgan fingerprint density at radius 2 is 0.536 bits per heavy atom. The fourth-order valence-corrected chi connectivity index (χ4v) is 8.28. The quantitative estimate of drug-likeness (QED) is 0.0753. The molecule has 0 saturated heterocycles. The maximum atomic E-state index is 6.10. The lowest BCUT2D eigenvalue weighted by molar-refractivity contribution is 0.584. The number of rotatable bonds is 15. The third-order valence-corrected chi connectivity index (χ3v) is 11.8. The van der Waals surface area contributed by atoms with Crippen LogP contribution in [0, 0.1) is 0 Å². The summed E-state index contributed by atoms with van der Waals surface area (Å²) < 4.78 is 12.2. The van der Waals surface area contributed by atoms with Gasteiger partial charge in [-0.15, -0.1) is 43.9 Å². The van der Waals surface area contributed by atoms with Gasteiger partial charge >= 0.3 is 0 Å². The van der Waals surface area contributed by atoms with E-state index in [1.165, 1.54) is 46.6 Å². The number of thioether (sulfide) groups is 2. The molecule has 0 unspecified atom stereocenters. The molecule has 0 radical (unpaired) electrons. The van der Waals surface area contributed by atoms with E-state index in [1.54, 1.807) is 0 Å². The highest BCUT2D eigenvalue weighted by Gasteiger charge is 2.14. The van der Waals surface area contributed by atoms with Crippen molar-refractivity contribution in [2.24, 2.45) is 0 Å². The van der Waals surface area contributed by atoms with E-state index < -0.39 is 0 Å². The number of aromatic nitrogens is 4. The van der Waals surface area contributed by atoms with Crippen molar-refractivity contribution in [1.29, 1.82) is 0 Å². The van der Waals surface area contributed by atoms with Crippen LogP contribution in [0.4, 0.5) is 0 Å². The monoisotopic (exact) mass is 770 g/mol. The second kappa shape index (κ2) is 17.8. The summed E-state index contributed by atoms with van der Waals surface area (Å²) in [4.78, 5) is 2.62.